The minimum atomic E-state index is -0.177. The lowest BCUT2D eigenvalue weighted by Gasteiger charge is -2.23. The molecule has 1 amide bonds. The second kappa shape index (κ2) is 5.81. The molecule has 1 N–H and O–H groups in total. The largest absolute Gasteiger partial charge is 0.298 e. The number of amides is 1. The van der Waals surface area contributed by atoms with Crippen molar-refractivity contribution in [3.05, 3.63) is 31.9 Å². The summed E-state index contributed by atoms with van der Waals surface area (Å²) < 4.78 is 0. The van der Waals surface area contributed by atoms with Gasteiger partial charge >= 0.3 is 0 Å². The van der Waals surface area contributed by atoms with E-state index in [0.717, 1.165) is 31.7 Å². The molecule has 0 aromatic carbocycles. The van der Waals surface area contributed by atoms with E-state index in [4.69, 9.17) is 11.6 Å². The van der Waals surface area contributed by atoms with Gasteiger partial charge in [0.25, 0.3) is 5.91 Å². The molecule has 0 unspecified atom stereocenters. The molecule has 0 aliphatic carbocycles. The van der Waals surface area contributed by atoms with Crippen LogP contribution in [-0.2, 0) is 13.0 Å². The number of rotatable bonds is 3. The van der Waals surface area contributed by atoms with E-state index >= 15 is 0 Å². The maximum Gasteiger partial charge on any atom is 0.269 e. The van der Waals surface area contributed by atoms with Crippen molar-refractivity contribution in [1.29, 1.82) is 0 Å². The SMILES string of the molecule is CCN1CCc2nc(NC(=O)c3sccc3Cl)sc2C1. The lowest BCUT2D eigenvalue weighted by Crippen LogP contribution is -2.29. The molecule has 2 aromatic heterocycles. The van der Waals surface area contributed by atoms with Crippen molar-refractivity contribution in [2.24, 2.45) is 0 Å². The molecule has 0 atom stereocenters. The molecule has 4 nitrogen and oxygen atoms in total. The van der Waals surface area contributed by atoms with Gasteiger partial charge < -0.3 is 0 Å². The fourth-order valence-corrected chi connectivity index (χ4v) is 4.26. The van der Waals surface area contributed by atoms with Crippen LogP contribution in [0.4, 0.5) is 5.13 Å². The number of thiophene rings is 1. The summed E-state index contributed by atoms with van der Waals surface area (Å²) in [5.74, 6) is -0.177. The number of thiazole rings is 1. The normalized spacial score (nSPS) is 15.1. The van der Waals surface area contributed by atoms with E-state index in [-0.39, 0.29) is 5.91 Å². The van der Waals surface area contributed by atoms with Gasteiger partial charge in [-0.3, -0.25) is 15.0 Å². The second-order valence-corrected chi connectivity index (χ2v) is 6.97. The second-order valence-electron chi connectivity index (χ2n) is 4.56. The van der Waals surface area contributed by atoms with E-state index < -0.39 is 0 Å². The Bertz CT molecular complexity index is 637. The van der Waals surface area contributed by atoms with Gasteiger partial charge in [-0.15, -0.1) is 22.7 Å². The Morgan fingerprint density at radius 1 is 1.60 bits per heavy atom. The van der Waals surface area contributed by atoms with Crippen LogP contribution in [-0.4, -0.2) is 28.9 Å². The number of nitrogens with one attached hydrogen (secondary N) is 1. The predicted molar refractivity (Wildman–Crippen MR) is 84.1 cm³/mol. The molecule has 2 aromatic rings. The molecule has 0 radical (unpaired) electrons. The minimum Gasteiger partial charge on any atom is -0.298 e. The molecule has 0 spiro atoms. The van der Waals surface area contributed by atoms with E-state index in [0.29, 0.717) is 15.0 Å². The van der Waals surface area contributed by atoms with Gasteiger partial charge in [0.05, 0.1) is 10.7 Å². The number of carbonyl (C=O) groups excluding carboxylic acids is 1. The zero-order chi connectivity index (χ0) is 14.1. The topological polar surface area (TPSA) is 45.2 Å². The number of likely N-dealkylation sites (N-methyl/N-ethyl adjacent to an activating group) is 1. The average molecular weight is 328 g/mol. The maximum atomic E-state index is 12.1. The van der Waals surface area contributed by atoms with Gasteiger partial charge in [-0.2, -0.15) is 0 Å². The van der Waals surface area contributed by atoms with Crippen LogP contribution in [0.3, 0.4) is 0 Å². The molecule has 0 saturated carbocycles. The summed E-state index contributed by atoms with van der Waals surface area (Å²) in [6, 6.07) is 1.73. The lowest BCUT2D eigenvalue weighted by atomic mass is 10.2. The quantitative estimate of drug-likeness (QED) is 0.938. The number of nitrogens with zero attached hydrogens (tertiary/aromatic N) is 2. The molecule has 106 valence electrons. The predicted octanol–water partition coefficient (Wildman–Crippen LogP) is 3.49. The van der Waals surface area contributed by atoms with E-state index in [1.54, 1.807) is 17.4 Å². The number of hydrogen-bond acceptors (Lipinski definition) is 5. The summed E-state index contributed by atoms with van der Waals surface area (Å²) in [7, 11) is 0. The van der Waals surface area contributed by atoms with Crippen LogP contribution in [0.15, 0.2) is 11.4 Å². The molecular weight excluding hydrogens is 314 g/mol. The van der Waals surface area contributed by atoms with Gasteiger partial charge in [-0.25, -0.2) is 4.98 Å². The molecule has 0 saturated heterocycles. The molecule has 3 rings (SSSR count). The molecule has 0 bridgehead atoms. The van der Waals surface area contributed by atoms with Crippen LogP contribution >= 0.6 is 34.3 Å². The highest BCUT2D eigenvalue weighted by atomic mass is 35.5. The van der Waals surface area contributed by atoms with Crippen LogP contribution < -0.4 is 5.32 Å². The van der Waals surface area contributed by atoms with Gasteiger partial charge in [0.1, 0.15) is 4.88 Å². The standard InChI is InChI=1S/C13H14ClN3OS2/c1-2-17-5-3-9-10(7-17)20-13(15-9)16-12(18)11-8(14)4-6-19-11/h4,6H,2-3,5,7H2,1H3,(H,15,16,18). The summed E-state index contributed by atoms with van der Waals surface area (Å²) >= 11 is 8.87. The van der Waals surface area contributed by atoms with Crippen LogP contribution in [0.1, 0.15) is 27.2 Å². The summed E-state index contributed by atoms with van der Waals surface area (Å²) in [6.45, 7) is 5.17. The smallest absolute Gasteiger partial charge is 0.269 e. The summed E-state index contributed by atoms with van der Waals surface area (Å²) in [6.07, 6.45) is 0.954. The highest BCUT2D eigenvalue weighted by Gasteiger charge is 2.21. The number of anilines is 1. The van der Waals surface area contributed by atoms with Crippen molar-refractivity contribution in [3.63, 3.8) is 0 Å². The van der Waals surface area contributed by atoms with E-state index in [1.807, 2.05) is 5.38 Å². The van der Waals surface area contributed by atoms with Gasteiger partial charge in [0, 0.05) is 24.4 Å². The van der Waals surface area contributed by atoms with Crippen LogP contribution in [0.25, 0.3) is 0 Å². The van der Waals surface area contributed by atoms with Crippen molar-refractivity contribution in [2.75, 3.05) is 18.4 Å². The fraction of sp³-hybridized carbons (Fsp3) is 0.385. The third-order valence-corrected chi connectivity index (χ3v) is 5.64. The summed E-state index contributed by atoms with van der Waals surface area (Å²) in [5.41, 5.74) is 1.12. The monoisotopic (exact) mass is 327 g/mol. The van der Waals surface area contributed by atoms with Gasteiger partial charge in [-0.1, -0.05) is 18.5 Å². The summed E-state index contributed by atoms with van der Waals surface area (Å²) in [4.78, 5) is 20.8. The Morgan fingerprint density at radius 2 is 2.45 bits per heavy atom. The molecule has 3 heterocycles. The molecule has 7 heteroatoms. The van der Waals surface area contributed by atoms with E-state index in [9.17, 15) is 4.79 Å². The van der Waals surface area contributed by atoms with Crippen molar-refractivity contribution >= 4 is 45.3 Å². The van der Waals surface area contributed by atoms with Crippen LogP contribution in [0.2, 0.25) is 5.02 Å². The number of aromatic nitrogens is 1. The Balaban J connectivity index is 1.75. The first kappa shape index (κ1) is 14.0. The first-order valence-corrected chi connectivity index (χ1v) is 8.50. The molecule has 1 aliphatic rings. The van der Waals surface area contributed by atoms with Gasteiger partial charge in [0.2, 0.25) is 0 Å². The van der Waals surface area contributed by atoms with Gasteiger partial charge in [0.15, 0.2) is 5.13 Å². The van der Waals surface area contributed by atoms with Crippen molar-refractivity contribution in [1.82, 2.24) is 9.88 Å². The number of halogens is 1. The first-order chi connectivity index (χ1) is 9.67. The maximum absolute atomic E-state index is 12.1. The zero-order valence-electron chi connectivity index (χ0n) is 11.0. The Morgan fingerprint density at radius 3 is 3.15 bits per heavy atom. The van der Waals surface area contributed by atoms with Crippen LogP contribution in [0, 0.1) is 0 Å². The highest BCUT2D eigenvalue weighted by Crippen LogP contribution is 2.29. The minimum absolute atomic E-state index is 0.177. The third-order valence-electron chi connectivity index (χ3n) is 3.30. The fourth-order valence-electron chi connectivity index (χ4n) is 2.18. The number of hydrogen-bond donors (Lipinski definition) is 1. The molecule has 0 fully saturated rings. The summed E-state index contributed by atoms with van der Waals surface area (Å²) in [5, 5.41) is 5.82. The lowest BCUT2D eigenvalue weighted by molar-refractivity contribution is 0.103. The Hall–Kier alpha value is -0.950. The molecule has 1 aliphatic heterocycles. The third kappa shape index (κ3) is 2.74. The molecular formula is C13H14ClN3OS2. The van der Waals surface area contributed by atoms with E-state index in [2.05, 4.69) is 22.1 Å². The zero-order valence-corrected chi connectivity index (χ0v) is 13.4. The first-order valence-electron chi connectivity index (χ1n) is 6.42. The van der Waals surface area contributed by atoms with Gasteiger partial charge in [-0.05, 0) is 18.0 Å². The van der Waals surface area contributed by atoms with Crippen LogP contribution in [0.5, 0.6) is 0 Å². The number of fused-ring (bicyclic) bond motifs is 1. The Kier molecular flexibility index (Phi) is 4.07. The Labute approximate surface area is 130 Å². The van der Waals surface area contributed by atoms with Crippen molar-refractivity contribution in [3.8, 4) is 0 Å². The van der Waals surface area contributed by atoms with Crippen molar-refractivity contribution in [2.45, 2.75) is 19.9 Å². The average Bonchev–Trinajstić information content (AvgIpc) is 3.03. The highest BCUT2D eigenvalue weighted by molar-refractivity contribution is 7.16. The number of carbonyl (C=O) groups is 1. The molecule has 20 heavy (non-hydrogen) atoms. The van der Waals surface area contributed by atoms with E-state index in [1.165, 1.54) is 16.2 Å². The van der Waals surface area contributed by atoms with Crippen molar-refractivity contribution < 1.29 is 4.79 Å².